The third kappa shape index (κ3) is 4.32. The second-order valence-electron chi connectivity index (χ2n) is 6.21. The van der Waals surface area contributed by atoms with Crippen molar-refractivity contribution in [2.75, 3.05) is 14.1 Å². The maximum atomic E-state index is 3.54. The zero-order valence-corrected chi connectivity index (χ0v) is 14.1. The molecule has 1 rings (SSSR count). The highest BCUT2D eigenvalue weighted by Gasteiger charge is 2.30. The number of nitrogens with one attached hydrogen (secondary N) is 1. The van der Waals surface area contributed by atoms with E-state index in [9.17, 15) is 0 Å². The van der Waals surface area contributed by atoms with Gasteiger partial charge in [0.1, 0.15) is 0 Å². The van der Waals surface area contributed by atoms with Gasteiger partial charge in [0.05, 0.1) is 0 Å². The number of hydrogen-bond acceptors (Lipinski definition) is 2. The summed E-state index contributed by atoms with van der Waals surface area (Å²) in [4.78, 5) is 2.56. The third-order valence-corrected chi connectivity index (χ3v) is 4.37. The number of benzene rings is 1. The van der Waals surface area contributed by atoms with Crippen molar-refractivity contribution in [2.24, 2.45) is 5.92 Å². The Balaban J connectivity index is 2.98. The van der Waals surface area contributed by atoms with Crippen molar-refractivity contribution >= 4 is 0 Å². The minimum Gasteiger partial charge on any atom is -0.312 e. The lowest BCUT2D eigenvalue weighted by atomic mass is 9.89. The van der Waals surface area contributed by atoms with Crippen LogP contribution in [0.5, 0.6) is 0 Å². The molecule has 0 aliphatic heterocycles. The predicted molar refractivity (Wildman–Crippen MR) is 89.0 cm³/mol. The molecule has 0 fully saturated rings. The van der Waals surface area contributed by atoms with Crippen LogP contribution in [0, 0.1) is 5.92 Å². The van der Waals surface area contributed by atoms with Gasteiger partial charge in [-0.3, -0.25) is 4.90 Å². The molecule has 1 aromatic carbocycles. The normalized spacial score (nSPS) is 16.4. The van der Waals surface area contributed by atoms with Gasteiger partial charge < -0.3 is 5.32 Å². The van der Waals surface area contributed by atoms with Crippen molar-refractivity contribution in [3.63, 3.8) is 0 Å². The van der Waals surface area contributed by atoms with E-state index >= 15 is 0 Å². The Morgan fingerprint density at radius 3 is 2.15 bits per heavy atom. The second kappa shape index (κ2) is 8.43. The molecule has 0 heterocycles. The summed E-state index contributed by atoms with van der Waals surface area (Å²) >= 11 is 0. The van der Waals surface area contributed by atoms with Crippen LogP contribution in [0.15, 0.2) is 30.3 Å². The van der Waals surface area contributed by atoms with Crippen LogP contribution in [0.2, 0.25) is 0 Å². The van der Waals surface area contributed by atoms with Crippen molar-refractivity contribution in [3.8, 4) is 0 Å². The fraction of sp³-hybridized carbons (Fsp3) is 0.667. The fourth-order valence-corrected chi connectivity index (χ4v) is 3.20. The van der Waals surface area contributed by atoms with E-state index in [4.69, 9.17) is 0 Å². The van der Waals surface area contributed by atoms with Gasteiger partial charge in [-0.2, -0.15) is 0 Å². The van der Waals surface area contributed by atoms with Crippen LogP contribution in [0.3, 0.4) is 0 Å². The third-order valence-electron chi connectivity index (χ3n) is 4.37. The van der Waals surface area contributed by atoms with E-state index in [0.717, 1.165) is 0 Å². The standard InChI is InChI=1S/C18H32N2/c1-7-11-15(4)20(6)18(14(2)3)17(19-5)16-12-9-8-10-13-16/h8-10,12-15,17-19H,7,11H2,1-6H3. The molecule has 0 aliphatic carbocycles. The molecule has 0 aromatic heterocycles. The summed E-state index contributed by atoms with van der Waals surface area (Å²) in [5.41, 5.74) is 1.38. The van der Waals surface area contributed by atoms with Gasteiger partial charge in [-0.05, 0) is 38.9 Å². The Kier molecular flexibility index (Phi) is 7.25. The van der Waals surface area contributed by atoms with E-state index < -0.39 is 0 Å². The Morgan fingerprint density at radius 1 is 1.10 bits per heavy atom. The summed E-state index contributed by atoms with van der Waals surface area (Å²) in [7, 11) is 4.35. The molecule has 0 saturated heterocycles. The topological polar surface area (TPSA) is 15.3 Å². The summed E-state index contributed by atoms with van der Waals surface area (Å²) in [6.45, 7) is 9.26. The molecular weight excluding hydrogens is 244 g/mol. The molecule has 0 spiro atoms. The summed E-state index contributed by atoms with van der Waals surface area (Å²) in [6.07, 6.45) is 2.50. The predicted octanol–water partition coefficient (Wildman–Crippen LogP) is 4.09. The molecule has 0 amide bonds. The average molecular weight is 276 g/mol. The summed E-state index contributed by atoms with van der Waals surface area (Å²) < 4.78 is 0. The van der Waals surface area contributed by atoms with Gasteiger partial charge in [0.25, 0.3) is 0 Å². The van der Waals surface area contributed by atoms with Crippen molar-refractivity contribution in [2.45, 2.75) is 58.7 Å². The van der Waals surface area contributed by atoms with Crippen molar-refractivity contribution in [1.29, 1.82) is 0 Å². The molecule has 0 saturated carbocycles. The monoisotopic (exact) mass is 276 g/mol. The van der Waals surface area contributed by atoms with Crippen LogP contribution < -0.4 is 5.32 Å². The molecule has 20 heavy (non-hydrogen) atoms. The SMILES string of the molecule is CCCC(C)N(C)C(C(C)C)C(NC)c1ccccc1. The Hall–Kier alpha value is -0.860. The molecule has 0 radical (unpaired) electrons. The summed E-state index contributed by atoms with van der Waals surface area (Å²) in [5, 5.41) is 3.54. The van der Waals surface area contributed by atoms with Crippen LogP contribution in [0.1, 0.15) is 52.1 Å². The first kappa shape index (κ1) is 17.2. The maximum Gasteiger partial charge on any atom is 0.0478 e. The lowest BCUT2D eigenvalue weighted by Gasteiger charge is -2.41. The van der Waals surface area contributed by atoms with E-state index in [2.05, 4.69) is 82.3 Å². The number of hydrogen-bond donors (Lipinski definition) is 1. The minimum absolute atomic E-state index is 0.375. The van der Waals surface area contributed by atoms with Gasteiger partial charge in [-0.15, -0.1) is 0 Å². The van der Waals surface area contributed by atoms with Gasteiger partial charge in [0.15, 0.2) is 0 Å². The maximum absolute atomic E-state index is 3.54. The molecule has 1 N–H and O–H groups in total. The molecule has 2 heteroatoms. The number of rotatable bonds is 8. The van der Waals surface area contributed by atoms with Crippen LogP contribution in [0.4, 0.5) is 0 Å². The van der Waals surface area contributed by atoms with E-state index in [1.165, 1.54) is 18.4 Å². The second-order valence-corrected chi connectivity index (χ2v) is 6.21. The number of likely N-dealkylation sites (N-methyl/N-ethyl adjacent to an activating group) is 2. The van der Waals surface area contributed by atoms with Crippen molar-refractivity contribution < 1.29 is 0 Å². The zero-order valence-electron chi connectivity index (χ0n) is 14.1. The largest absolute Gasteiger partial charge is 0.312 e. The van der Waals surface area contributed by atoms with E-state index in [1.54, 1.807) is 0 Å². The van der Waals surface area contributed by atoms with Gasteiger partial charge in [-0.25, -0.2) is 0 Å². The fourth-order valence-electron chi connectivity index (χ4n) is 3.20. The smallest absolute Gasteiger partial charge is 0.0478 e. The first-order valence-electron chi connectivity index (χ1n) is 7.97. The molecular formula is C18H32N2. The highest BCUT2D eigenvalue weighted by Crippen LogP contribution is 2.27. The zero-order chi connectivity index (χ0) is 15.1. The van der Waals surface area contributed by atoms with Crippen molar-refractivity contribution in [1.82, 2.24) is 10.2 Å². The van der Waals surface area contributed by atoms with Gasteiger partial charge >= 0.3 is 0 Å². The molecule has 114 valence electrons. The minimum atomic E-state index is 0.375. The van der Waals surface area contributed by atoms with Gasteiger partial charge in [-0.1, -0.05) is 57.5 Å². The summed E-state index contributed by atoms with van der Waals surface area (Å²) in [6, 6.07) is 12.3. The highest BCUT2D eigenvalue weighted by molar-refractivity contribution is 5.21. The lowest BCUT2D eigenvalue weighted by molar-refractivity contribution is 0.106. The highest BCUT2D eigenvalue weighted by atomic mass is 15.2. The van der Waals surface area contributed by atoms with Gasteiger partial charge in [0, 0.05) is 18.1 Å². The van der Waals surface area contributed by atoms with Crippen LogP contribution in [-0.2, 0) is 0 Å². The van der Waals surface area contributed by atoms with E-state index in [-0.39, 0.29) is 0 Å². The molecule has 1 aromatic rings. The molecule has 0 aliphatic rings. The average Bonchev–Trinajstić information content (AvgIpc) is 2.44. The Morgan fingerprint density at radius 2 is 1.70 bits per heavy atom. The van der Waals surface area contributed by atoms with Crippen LogP contribution >= 0.6 is 0 Å². The molecule has 3 unspecified atom stereocenters. The van der Waals surface area contributed by atoms with Crippen LogP contribution in [0.25, 0.3) is 0 Å². The first-order chi connectivity index (χ1) is 9.52. The van der Waals surface area contributed by atoms with E-state index in [0.29, 0.717) is 24.0 Å². The number of nitrogens with zero attached hydrogens (tertiary/aromatic N) is 1. The van der Waals surface area contributed by atoms with Crippen molar-refractivity contribution in [3.05, 3.63) is 35.9 Å². The Bertz CT molecular complexity index is 361. The Labute approximate surface area is 125 Å². The molecule has 2 nitrogen and oxygen atoms in total. The molecule has 3 atom stereocenters. The van der Waals surface area contributed by atoms with Gasteiger partial charge in [0.2, 0.25) is 0 Å². The first-order valence-corrected chi connectivity index (χ1v) is 7.97. The summed E-state index contributed by atoms with van der Waals surface area (Å²) in [5.74, 6) is 0.608. The van der Waals surface area contributed by atoms with Crippen LogP contribution in [-0.4, -0.2) is 31.1 Å². The lowest BCUT2D eigenvalue weighted by Crippen LogP contribution is -2.48. The van der Waals surface area contributed by atoms with E-state index in [1.807, 2.05) is 0 Å². The molecule has 0 bridgehead atoms. The quantitative estimate of drug-likeness (QED) is 0.769.